The van der Waals surface area contributed by atoms with Crippen molar-refractivity contribution in [3.63, 3.8) is 0 Å². The predicted octanol–water partition coefficient (Wildman–Crippen LogP) is 2.93. The van der Waals surface area contributed by atoms with Crippen LogP contribution in [0.5, 0.6) is 11.5 Å². The van der Waals surface area contributed by atoms with Gasteiger partial charge in [-0.25, -0.2) is 0 Å². The quantitative estimate of drug-likeness (QED) is 0.793. The summed E-state index contributed by atoms with van der Waals surface area (Å²) in [5.41, 5.74) is 1.82. The van der Waals surface area contributed by atoms with Crippen molar-refractivity contribution >= 4 is 11.8 Å². The molecule has 0 aromatic heterocycles. The number of fused-ring (bicyclic) bond motifs is 1. The zero-order valence-corrected chi connectivity index (χ0v) is 13.9. The Morgan fingerprint density at radius 2 is 1.58 bits per heavy atom. The van der Waals surface area contributed by atoms with E-state index in [9.17, 15) is 9.59 Å². The first-order chi connectivity index (χ1) is 11.6. The largest absolute Gasteiger partial charge is 0.497 e. The molecule has 0 radical (unpaired) electrons. The van der Waals surface area contributed by atoms with Crippen LogP contribution in [-0.2, 0) is 6.42 Å². The number of nitrogens with zero attached hydrogens (tertiary/aromatic N) is 1. The Kier molecular flexibility index (Phi) is 4.25. The number of hydrogen-bond donors (Lipinski definition) is 0. The first kappa shape index (κ1) is 16.1. The summed E-state index contributed by atoms with van der Waals surface area (Å²) in [6.45, 7) is 1.86. The van der Waals surface area contributed by atoms with Crippen molar-refractivity contribution in [2.75, 3.05) is 14.2 Å². The highest BCUT2D eigenvalue weighted by Crippen LogP contribution is 2.29. The van der Waals surface area contributed by atoms with Gasteiger partial charge in [0.2, 0.25) is 0 Å². The van der Waals surface area contributed by atoms with Gasteiger partial charge in [0.05, 0.1) is 25.3 Å². The molecule has 0 spiro atoms. The third-order valence-corrected chi connectivity index (χ3v) is 4.27. The van der Waals surface area contributed by atoms with E-state index in [1.165, 1.54) is 4.90 Å². The van der Waals surface area contributed by atoms with Crippen molar-refractivity contribution in [1.29, 1.82) is 0 Å². The highest BCUT2D eigenvalue weighted by Gasteiger charge is 2.38. The van der Waals surface area contributed by atoms with E-state index in [0.29, 0.717) is 29.0 Å². The van der Waals surface area contributed by atoms with Crippen LogP contribution >= 0.6 is 0 Å². The molecule has 1 aliphatic heterocycles. The van der Waals surface area contributed by atoms with E-state index in [1.807, 2.05) is 25.1 Å². The van der Waals surface area contributed by atoms with Crippen molar-refractivity contribution in [3.8, 4) is 11.5 Å². The van der Waals surface area contributed by atoms with Crippen LogP contribution < -0.4 is 9.47 Å². The van der Waals surface area contributed by atoms with Crippen LogP contribution in [0.2, 0.25) is 0 Å². The van der Waals surface area contributed by atoms with Gasteiger partial charge in [-0.1, -0.05) is 12.1 Å². The molecule has 124 valence electrons. The Morgan fingerprint density at radius 1 is 0.958 bits per heavy atom. The van der Waals surface area contributed by atoms with Crippen LogP contribution in [0.1, 0.15) is 33.2 Å². The van der Waals surface area contributed by atoms with Crippen LogP contribution in [0.4, 0.5) is 0 Å². The lowest BCUT2D eigenvalue weighted by Gasteiger charge is -2.23. The van der Waals surface area contributed by atoms with Gasteiger partial charge in [0, 0.05) is 6.04 Å². The van der Waals surface area contributed by atoms with E-state index in [0.717, 1.165) is 5.56 Å². The van der Waals surface area contributed by atoms with E-state index in [-0.39, 0.29) is 17.9 Å². The van der Waals surface area contributed by atoms with Crippen LogP contribution in [0, 0.1) is 0 Å². The summed E-state index contributed by atoms with van der Waals surface area (Å²) in [7, 11) is 3.19. The highest BCUT2D eigenvalue weighted by atomic mass is 16.5. The van der Waals surface area contributed by atoms with Gasteiger partial charge in [-0.2, -0.15) is 0 Å². The second-order valence-corrected chi connectivity index (χ2v) is 5.76. The Morgan fingerprint density at radius 3 is 2.12 bits per heavy atom. The molecule has 1 atom stereocenters. The fourth-order valence-corrected chi connectivity index (χ4v) is 3.06. The van der Waals surface area contributed by atoms with E-state index in [2.05, 4.69) is 0 Å². The summed E-state index contributed by atoms with van der Waals surface area (Å²) in [4.78, 5) is 26.5. The molecule has 0 saturated carbocycles. The Labute approximate surface area is 140 Å². The average molecular weight is 325 g/mol. The third-order valence-electron chi connectivity index (χ3n) is 4.27. The highest BCUT2D eigenvalue weighted by molar-refractivity contribution is 6.21. The molecule has 5 heteroatoms. The topological polar surface area (TPSA) is 55.8 Å². The second kappa shape index (κ2) is 6.35. The van der Waals surface area contributed by atoms with Crippen molar-refractivity contribution in [2.45, 2.75) is 19.4 Å². The molecule has 0 saturated heterocycles. The number of carbonyl (C=O) groups excluding carboxylic acids is 2. The number of rotatable bonds is 5. The number of imide groups is 1. The van der Waals surface area contributed by atoms with Gasteiger partial charge in [-0.05, 0) is 49.2 Å². The van der Waals surface area contributed by atoms with Crippen LogP contribution in [0.25, 0.3) is 0 Å². The minimum absolute atomic E-state index is 0.245. The molecule has 1 aliphatic rings. The molecule has 2 amide bonds. The maximum absolute atomic E-state index is 12.6. The summed E-state index contributed by atoms with van der Waals surface area (Å²) in [5, 5.41) is 0. The van der Waals surface area contributed by atoms with E-state index in [4.69, 9.17) is 9.47 Å². The first-order valence-electron chi connectivity index (χ1n) is 7.74. The lowest BCUT2D eigenvalue weighted by molar-refractivity contribution is 0.0596. The van der Waals surface area contributed by atoms with Gasteiger partial charge in [0.25, 0.3) is 11.8 Å². The van der Waals surface area contributed by atoms with Gasteiger partial charge in [0.15, 0.2) is 0 Å². The Hall–Kier alpha value is -2.82. The maximum atomic E-state index is 12.6. The fraction of sp³-hybridized carbons (Fsp3) is 0.263. The lowest BCUT2D eigenvalue weighted by Crippen LogP contribution is -2.39. The normalized spacial score (nSPS) is 14.5. The molecule has 5 nitrogen and oxygen atoms in total. The molecule has 3 rings (SSSR count). The number of carbonyl (C=O) groups is 2. The molecule has 1 heterocycles. The van der Waals surface area contributed by atoms with Crippen molar-refractivity contribution in [2.24, 2.45) is 0 Å². The zero-order valence-electron chi connectivity index (χ0n) is 13.9. The summed E-state index contributed by atoms with van der Waals surface area (Å²) in [6.07, 6.45) is 0.492. The lowest BCUT2D eigenvalue weighted by atomic mass is 10.0. The summed E-state index contributed by atoms with van der Waals surface area (Å²) >= 11 is 0. The molecule has 0 bridgehead atoms. The van der Waals surface area contributed by atoms with Crippen LogP contribution in [-0.4, -0.2) is 37.0 Å². The fourth-order valence-electron chi connectivity index (χ4n) is 3.06. The van der Waals surface area contributed by atoms with Crippen LogP contribution in [0.3, 0.4) is 0 Å². The molecule has 0 N–H and O–H groups in total. The molecule has 0 fully saturated rings. The van der Waals surface area contributed by atoms with Gasteiger partial charge >= 0.3 is 0 Å². The minimum Gasteiger partial charge on any atom is -0.497 e. The number of ether oxygens (including phenoxy) is 2. The molecule has 2 aromatic carbocycles. The van der Waals surface area contributed by atoms with E-state index >= 15 is 0 Å². The van der Waals surface area contributed by atoms with E-state index < -0.39 is 0 Å². The number of methoxy groups -OCH3 is 2. The maximum Gasteiger partial charge on any atom is 0.261 e. The number of hydrogen-bond acceptors (Lipinski definition) is 4. The van der Waals surface area contributed by atoms with Crippen LogP contribution in [0.15, 0.2) is 42.5 Å². The van der Waals surface area contributed by atoms with Gasteiger partial charge in [-0.15, -0.1) is 0 Å². The zero-order chi connectivity index (χ0) is 17.3. The summed E-state index contributed by atoms with van der Waals surface area (Å²) < 4.78 is 10.6. The monoisotopic (exact) mass is 325 g/mol. The standard InChI is InChI=1S/C19H19NO4/c1-12(10-13-11-14(23-2)8-9-17(13)24-3)20-18(21)15-6-4-5-7-16(15)19(20)22/h4-9,11-12H,10H2,1-3H3/t12-/m1/s1. The molecule has 2 aromatic rings. The van der Waals surface area contributed by atoms with Gasteiger partial charge in [0.1, 0.15) is 11.5 Å². The predicted molar refractivity (Wildman–Crippen MR) is 89.7 cm³/mol. The van der Waals surface area contributed by atoms with Gasteiger partial charge in [-0.3, -0.25) is 14.5 Å². The summed E-state index contributed by atoms with van der Waals surface area (Å²) in [6, 6.07) is 12.1. The summed E-state index contributed by atoms with van der Waals surface area (Å²) in [5.74, 6) is 0.926. The molecular weight excluding hydrogens is 306 g/mol. The second-order valence-electron chi connectivity index (χ2n) is 5.76. The Bertz CT molecular complexity index is 765. The van der Waals surface area contributed by atoms with E-state index in [1.54, 1.807) is 38.5 Å². The Balaban J connectivity index is 1.88. The smallest absolute Gasteiger partial charge is 0.261 e. The van der Waals surface area contributed by atoms with Gasteiger partial charge < -0.3 is 9.47 Å². The van der Waals surface area contributed by atoms with Crippen molar-refractivity contribution < 1.29 is 19.1 Å². The molecule has 0 aliphatic carbocycles. The van der Waals surface area contributed by atoms with Crippen molar-refractivity contribution in [1.82, 2.24) is 4.90 Å². The molecule has 24 heavy (non-hydrogen) atoms. The molecular formula is C19H19NO4. The average Bonchev–Trinajstić information content (AvgIpc) is 2.86. The van der Waals surface area contributed by atoms with Crippen molar-refractivity contribution in [3.05, 3.63) is 59.2 Å². The first-order valence-corrected chi connectivity index (χ1v) is 7.74. The third kappa shape index (κ3) is 2.62. The SMILES string of the molecule is COc1ccc(OC)c(C[C@@H](C)N2C(=O)c3ccccc3C2=O)c1. The number of benzene rings is 2. The molecule has 0 unspecified atom stereocenters. The minimum atomic E-state index is -0.293. The number of amides is 2.